The summed E-state index contributed by atoms with van der Waals surface area (Å²) < 4.78 is 0. The summed E-state index contributed by atoms with van der Waals surface area (Å²) in [6.07, 6.45) is 7.63. The lowest BCUT2D eigenvalue weighted by Gasteiger charge is -2.43. The molecule has 1 aliphatic heterocycles. The van der Waals surface area contributed by atoms with E-state index in [0.717, 1.165) is 32.4 Å². The summed E-state index contributed by atoms with van der Waals surface area (Å²) in [6.45, 7) is 1.96. The highest BCUT2D eigenvalue weighted by atomic mass is 32.2. The first kappa shape index (κ1) is 15.0. The molecule has 2 aliphatic rings. The third kappa shape index (κ3) is 3.13. The van der Waals surface area contributed by atoms with Gasteiger partial charge in [-0.05, 0) is 49.2 Å². The van der Waals surface area contributed by atoms with Crippen molar-refractivity contribution in [2.24, 2.45) is 11.3 Å². The van der Waals surface area contributed by atoms with Crippen molar-refractivity contribution < 1.29 is 4.79 Å². The second-order valence-electron chi connectivity index (χ2n) is 6.66. The highest BCUT2D eigenvalue weighted by Crippen LogP contribution is 2.46. The molecule has 0 aromatic heterocycles. The van der Waals surface area contributed by atoms with Crippen LogP contribution in [-0.4, -0.2) is 35.9 Å². The van der Waals surface area contributed by atoms with Crippen LogP contribution in [0, 0.1) is 11.3 Å². The van der Waals surface area contributed by atoms with Crippen LogP contribution in [0.25, 0.3) is 0 Å². The van der Waals surface area contributed by atoms with Gasteiger partial charge in [0.25, 0.3) is 0 Å². The van der Waals surface area contributed by atoms with Crippen LogP contribution in [-0.2, 0) is 11.2 Å². The maximum atomic E-state index is 13.0. The zero-order valence-corrected chi connectivity index (χ0v) is 13.7. The molecule has 1 saturated heterocycles. The average Bonchev–Trinajstić information content (AvgIpc) is 2.92. The number of nitrogens with zero attached hydrogens (tertiary/aromatic N) is 1. The molecular weight excluding hydrogens is 278 g/mol. The number of rotatable bonds is 5. The Morgan fingerprint density at radius 1 is 1.33 bits per heavy atom. The topological polar surface area (TPSA) is 20.3 Å². The van der Waals surface area contributed by atoms with Crippen LogP contribution in [0.15, 0.2) is 30.3 Å². The van der Waals surface area contributed by atoms with Gasteiger partial charge in [0, 0.05) is 13.1 Å². The molecule has 0 radical (unpaired) electrons. The Bertz CT molecular complexity index is 483. The number of hydrogen-bond acceptors (Lipinski definition) is 2. The first-order valence-corrected chi connectivity index (χ1v) is 9.45. The van der Waals surface area contributed by atoms with E-state index >= 15 is 0 Å². The van der Waals surface area contributed by atoms with Crippen molar-refractivity contribution in [3.63, 3.8) is 0 Å². The predicted molar refractivity (Wildman–Crippen MR) is 89.5 cm³/mol. The molecule has 0 bridgehead atoms. The van der Waals surface area contributed by atoms with Gasteiger partial charge in [-0.25, -0.2) is 0 Å². The lowest BCUT2D eigenvalue weighted by Crippen LogP contribution is -2.48. The molecule has 1 aromatic carbocycles. The van der Waals surface area contributed by atoms with Gasteiger partial charge in [0.1, 0.15) is 0 Å². The molecule has 21 heavy (non-hydrogen) atoms. The highest BCUT2D eigenvalue weighted by molar-refractivity contribution is 7.98. The second-order valence-corrected chi connectivity index (χ2v) is 7.57. The molecule has 1 aliphatic carbocycles. The van der Waals surface area contributed by atoms with Crippen molar-refractivity contribution >= 4 is 17.7 Å². The molecule has 1 saturated carbocycles. The Morgan fingerprint density at radius 3 is 2.71 bits per heavy atom. The van der Waals surface area contributed by atoms with Gasteiger partial charge in [-0.2, -0.15) is 11.8 Å². The summed E-state index contributed by atoms with van der Waals surface area (Å²) in [4.78, 5) is 15.2. The quantitative estimate of drug-likeness (QED) is 0.828. The summed E-state index contributed by atoms with van der Waals surface area (Å²) in [5, 5.41) is 0. The Hall–Kier alpha value is -0.960. The summed E-state index contributed by atoms with van der Waals surface area (Å²) in [5.74, 6) is 2.33. The largest absolute Gasteiger partial charge is 0.342 e. The Labute approximate surface area is 132 Å². The van der Waals surface area contributed by atoms with Crippen molar-refractivity contribution in [3.8, 4) is 0 Å². The lowest BCUT2D eigenvalue weighted by molar-refractivity contribution is -0.146. The van der Waals surface area contributed by atoms with E-state index in [9.17, 15) is 4.79 Å². The fraction of sp³-hybridized carbons (Fsp3) is 0.611. The van der Waals surface area contributed by atoms with Crippen LogP contribution in [0.1, 0.15) is 31.2 Å². The molecule has 2 nitrogen and oxygen atoms in total. The monoisotopic (exact) mass is 303 g/mol. The zero-order valence-electron chi connectivity index (χ0n) is 12.9. The predicted octanol–water partition coefficient (Wildman–Crippen LogP) is 3.61. The van der Waals surface area contributed by atoms with Crippen LogP contribution in [0.2, 0.25) is 0 Å². The highest BCUT2D eigenvalue weighted by Gasteiger charge is 2.47. The van der Waals surface area contributed by atoms with Gasteiger partial charge in [-0.3, -0.25) is 4.79 Å². The standard InChI is InChI=1S/C18H25NOS/c1-21-14-16-8-11-19(13-16)17(20)18(9-5-10-18)12-15-6-3-2-4-7-15/h2-4,6-7,16H,5,8-14H2,1H3/t16-/m0/s1. The third-order valence-corrected chi connectivity index (χ3v) is 5.93. The van der Waals surface area contributed by atoms with E-state index < -0.39 is 0 Å². The number of thioether (sulfide) groups is 1. The maximum absolute atomic E-state index is 13.0. The number of carbonyl (C=O) groups excluding carboxylic acids is 1. The van der Waals surface area contributed by atoms with Gasteiger partial charge in [0.15, 0.2) is 0 Å². The van der Waals surface area contributed by atoms with E-state index in [2.05, 4.69) is 35.4 Å². The van der Waals surface area contributed by atoms with E-state index in [0.29, 0.717) is 11.8 Å². The van der Waals surface area contributed by atoms with Gasteiger partial charge in [-0.1, -0.05) is 36.8 Å². The summed E-state index contributed by atoms with van der Waals surface area (Å²) in [6, 6.07) is 10.5. The summed E-state index contributed by atoms with van der Waals surface area (Å²) >= 11 is 1.90. The molecule has 0 spiro atoms. The van der Waals surface area contributed by atoms with Crippen LogP contribution >= 0.6 is 11.8 Å². The van der Waals surface area contributed by atoms with E-state index in [1.807, 2.05) is 17.8 Å². The first-order chi connectivity index (χ1) is 10.2. The normalized spacial score (nSPS) is 23.9. The third-order valence-electron chi connectivity index (χ3n) is 5.13. The van der Waals surface area contributed by atoms with Gasteiger partial charge in [0.2, 0.25) is 5.91 Å². The molecule has 1 heterocycles. The molecule has 3 rings (SSSR count). The smallest absolute Gasteiger partial charge is 0.229 e. The van der Waals surface area contributed by atoms with Crippen LogP contribution < -0.4 is 0 Å². The molecule has 1 atom stereocenters. The van der Waals surface area contributed by atoms with Crippen molar-refractivity contribution in [2.45, 2.75) is 32.1 Å². The average molecular weight is 303 g/mol. The van der Waals surface area contributed by atoms with Crippen molar-refractivity contribution in [2.75, 3.05) is 25.1 Å². The van der Waals surface area contributed by atoms with Crippen molar-refractivity contribution in [1.82, 2.24) is 4.90 Å². The molecule has 1 aromatic rings. The Kier molecular flexibility index (Phi) is 4.58. The lowest BCUT2D eigenvalue weighted by atomic mass is 9.64. The molecular formula is C18H25NOS. The SMILES string of the molecule is CSC[C@H]1CCN(C(=O)C2(Cc3ccccc3)CCC2)C1. The minimum Gasteiger partial charge on any atom is -0.342 e. The Balaban J connectivity index is 1.67. The second kappa shape index (κ2) is 6.43. The molecule has 1 amide bonds. The zero-order chi connectivity index (χ0) is 14.7. The van der Waals surface area contributed by atoms with Gasteiger partial charge < -0.3 is 4.90 Å². The number of hydrogen-bond donors (Lipinski definition) is 0. The van der Waals surface area contributed by atoms with E-state index in [1.165, 1.54) is 24.2 Å². The van der Waals surface area contributed by atoms with Crippen LogP contribution in [0.5, 0.6) is 0 Å². The molecule has 3 heteroatoms. The molecule has 114 valence electrons. The minimum absolute atomic E-state index is 0.0877. The van der Waals surface area contributed by atoms with E-state index in [1.54, 1.807) is 0 Å². The van der Waals surface area contributed by atoms with Gasteiger partial charge in [-0.15, -0.1) is 0 Å². The molecule has 0 unspecified atom stereocenters. The van der Waals surface area contributed by atoms with E-state index in [-0.39, 0.29) is 5.41 Å². The van der Waals surface area contributed by atoms with Crippen LogP contribution in [0.4, 0.5) is 0 Å². The first-order valence-electron chi connectivity index (χ1n) is 8.06. The van der Waals surface area contributed by atoms with Crippen molar-refractivity contribution in [1.29, 1.82) is 0 Å². The number of likely N-dealkylation sites (tertiary alicyclic amines) is 1. The Morgan fingerprint density at radius 2 is 2.10 bits per heavy atom. The molecule has 0 N–H and O–H groups in total. The fourth-order valence-electron chi connectivity index (χ4n) is 3.78. The maximum Gasteiger partial charge on any atom is 0.229 e. The van der Waals surface area contributed by atoms with E-state index in [4.69, 9.17) is 0 Å². The summed E-state index contributed by atoms with van der Waals surface area (Å²) in [5.41, 5.74) is 1.22. The van der Waals surface area contributed by atoms with Gasteiger partial charge in [0.05, 0.1) is 5.41 Å². The van der Waals surface area contributed by atoms with Crippen LogP contribution in [0.3, 0.4) is 0 Å². The number of benzene rings is 1. The fourth-order valence-corrected chi connectivity index (χ4v) is 4.52. The molecule has 2 fully saturated rings. The van der Waals surface area contributed by atoms with Crippen molar-refractivity contribution in [3.05, 3.63) is 35.9 Å². The summed E-state index contributed by atoms with van der Waals surface area (Å²) in [7, 11) is 0. The number of carbonyl (C=O) groups is 1. The number of amides is 1. The van der Waals surface area contributed by atoms with Gasteiger partial charge >= 0.3 is 0 Å². The minimum atomic E-state index is -0.0877.